The molecule has 1 N–H and O–H groups in total. The number of imidazole rings is 1. The fourth-order valence-corrected chi connectivity index (χ4v) is 4.32. The predicted molar refractivity (Wildman–Crippen MR) is 121 cm³/mol. The largest absolute Gasteiger partial charge is 0.493 e. The van der Waals surface area contributed by atoms with Crippen molar-refractivity contribution in [3.8, 4) is 22.8 Å². The molecule has 0 fully saturated rings. The van der Waals surface area contributed by atoms with Gasteiger partial charge in [0.25, 0.3) is 11.7 Å². The van der Waals surface area contributed by atoms with Crippen molar-refractivity contribution >= 4 is 23.1 Å². The highest BCUT2D eigenvalue weighted by Crippen LogP contribution is 2.34. The van der Waals surface area contributed by atoms with E-state index in [-0.39, 0.29) is 12.4 Å². The summed E-state index contributed by atoms with van der Waals surface area (Å²) in [6, 6.07) is 6.69. The number of ether oxygens (including phenoxy) is 2. The average Bonchev–Trinajstić information content (AvgIpc) is 3.62. The molecule has 6 rings (SSSR count). The Morgan fingerprint density at radius 3 is 2.94 bits per heavy atom. The molecule has 4 aromatic heterocycles. The van der Waals surface area contributed by atoms with E-state index in [0.717, 1.165) is 16.9 Å². The van der Waals surface area contributed by atoms with Crippen LogP contribution in [0.1, 0.15) is 11.1 Å². The van der Waals surface area contributed by atoms with Crippen molar-refractivity contribution < 1.29 is 13.9 Å². The molecular formula is C23H17FN8O2. The van der Waals surface area contributed by atoms with Gasteiger partial charge in [0.2, 0.25) is 11.6 Å². The third kappa shape index (κ3) is 2.92. The Bertz CT molecular complexity index is 1620. The van der Waals surface area contributed by atoms with Crippen molar-refractivity contribution in [3.05, 3.63) is 71.3 Å². The molecule has 0 atom stereocenters. The van der Waals surface area contributed by atoms with Crippen LogP contribution in [0, 0.1) is 12.4 Å². The Balaban J connectivity index is 1.41. The minimum absolute atomic E-state index is 0.236. The smallest absolute Gasteiger partial charge is 0.274 e. The van der Waals surface area contributed by atoms with Gasteiger partial charge in [0.1, 0.15) is 17.9 Å². The van der Waals surface area contributed by atoms with E-state index in [9.17, 15) is 4.39 Å². The minimum Gasteiger partial charge on any atom is -0.493 e. The third-order valence-electron chi connectivity index (χ3n) is 5.91. The first-order valence-corrected chi connectivity index (χ1v) is 10.5. The molecule has 0 bridgehead atoms. The van der Waals surface area contributed by atoms with Gasteiger partial charge in [-0.2, -0.15) is 0 Å². The van der Waals surface area contributed by atoms with Crippen LogP contribution in [0.25, 0.3) is 27.3 Å². The molecule has 0 unspecified atom stereocenters. The summed E-state index contributed by atoms with van der Waals surface area (Å²) in [6.07, 6.45) is 5.37. The summed E-state index contributed by atoms with van der Waals surface area (Å²) in [6.45, 7) is 8.21. The Hall–Kier alpha value is -4.72. The second kappa shape index (κ2) is 7.70. The quantitative estimate of drug-likeness (QED) is 0.403. The van der Waals surface area contributed by atoms with E-state index in [1.54, 1.807) is 33.5 Å². The molecule has 0 radical (unpaired) electrons. The van der Waals surface area contributed by atoms with Crippen LogP contribution in [0.2, 0.25) is 0 Å². The van der Waals surface area contributed by atoms with E-state index in [2.05, 4.69) is 30.3 Å². The summed E-state index contributed by atoms with van der Waals surface area (Å²) in [4.78, 5) is 12.5. The van der Waals surface area contributed by atoms with Crippen LogP contribution in [0.4, 0.5) is 16.2 Å². The van der Waals surface area contributed by atoms with Gasteiger partial charge in [0.05, 0.1) is 31.0 Å². The highest BCUT2D eigenvalue weighted by Gasteiger charge is 2.22. The van der Waals surface area contributed by atoms with Gasteiger partial charge < -0.3 is 19.6 Å². The number of aromatic nitrogens is 6. The zero-order valence-corrected chi connectivity index (χ0v) is 18.0. The molecule has 1 aromatic carbocycles. The Labute approximate surface area is 192 Å². The first kappa shape index (κ1) is 19.9. The number of halogens is 1. The van der Waals surface area contributed by atoms with E-state index >= 15 is 0 Å². The zero-order valence-electron chi connectivity index (χ0n) is 18.0. The molecule has 11 heteroatoms. The topological polar surface area (TPSA) is 95.2 Å². The molecule has 1 aliphatic rings. The number of rotatable bonds is 5. The number of fused-ring (bicyclic) bond motifs is 3. The Kier molecular flexibility index (Phi) is 4.51. The number of pyridine rings is 1. The molecular weight excluding hydrogens is 439 g/mol. The molecule has 34 heavy (non-hydrogen) atoms. The summed E-state index contributed by atoms with van der Waals surface area (Å²) >= 11 is 0. The molecule has 1 aliphatic heterocycles. The summed E-state index contributed by atoms with van der Waals surface area (Å²) < 4.78 is 28.8. The van der Waals surface area contributed by atoms with Crippen molar-refractivity contribution in [1.29, 1.82) is 0 Å². The van der Waals surface area contributed by atoms with E-state index in [1.165, 1.54) is 19.4 Å². The average molecular weight is 456 g/mol. The van der Waals surface area contributed by atoms with Crippen LogP contribution < -0.4 is 14.8 Å². The summed E-state index contributed by atoms with van der Waals surface area (Å²) in [5.74, 6) is 1.72. The van der Waals surface area contributed by atoms with Crippen LogP contribution in [0.15, 0.2) is 43.0 Å². The number of hydrogen-bond acceptors (Lipinski definition) is 7. The fourth-order valence-electron chi connectivity index (χ4n) is 4.32. The fraction of sp³-hybridized carbons (Fsp3) is 0.174. The number of nitrogens with zero attached hydrogens (tertiary/aromatic N) is 7. The van der Waals surface area contributed by atoms with Crippen molar-refractivity contribution in [2.75, 3.05) is 19.0 Å². The minimum atomic E-state index is -0.288. The normalized spacial score (nSPS) is 12.5. The third-order valence-corrected chi connectivity index (χ3v) is 5.91. The second-order valence-corrected chi connectivity index (χ2v) is 7.65. The van der Waals surface area contributed by atoms with Crippen LogP contribution >= 0.6 is 0 Å². The second-order valence-electron chi connectivity index (χ2n) is 7.65. The number of methoxy groups -OCH3 is 1. The monoisotopic (exact) mass is 456 g/mol. The highest BCUT2D eigenvalue weighted by molar-refractivity contribution is 5.87. The highest BCUT2D eigenvalue weighted by atomic mass is 19.1. The van der Waals surface area contributed by atoms with Crippen LogP contribution in [0.5, 0.6) is 11.6 Å². The van der Waals surface area contributed by atoms with E-state index in [4.69, 9.17) is 16.0 Å². The summed E-state index contributed by atoms with van der Waals surface area (Å²) in [5, 5.41) is 11.5. The standard InChI is InChI=1S/C23H17FN8O2/c1-25-19-11-26-21-14(3-6-20(33-2)32(19)21)16-10-28-23(31-12-29-30-22(16)31)27-9-15-13-7-8-34-18(13)5-4-17(15)24/h3-6,10-12H,7-9H2,2H3,(H,27,28). The first-order chi connectivity index (χ1) is 16.7. The summed E-state index contributed by atoms with van der Waals surface area (Å²) in [7, 11) is 1.54. The molecule has 0 spiro atoms. The van der Waals surface area contributed by atoms with Gasteiger partial charge in [0, 0.05) is 36.4 Å². The zero-order chi connectivity index (χ0) is 23.2. The van der Waals surface area contributed by atoms with Gasteiger partial charge in [-0.25, -0.2) is 18.8 Å². The molecule has 0 aliphatic carbocycles. The van der Waals surface area contributed by atoms with Crippen molar-refractivity contribution in [3.63, 3.8) is 0 Å². The maximum atomic E-state index is 14.5. The lowest BCUT2D eigenvalue weighted by atomic mass is 10.0. The lowest BCUT2D eigenvalue weighted by molar-refractivity contribution is 0.356. The molecule has 168 valence electrons. The molecule has 0 saturated heterocycles. The lowest BCUT2D eigenvalue weighted by Crippen LogP contribution is -2.10. The van der Waals surface area contributed by atoms with Crippen molar-refractivity contribution in [2.24, 2.45) is 0 Å². The molecule has 0 amide bonds. The van der Waals surface area contributed by atoms with Crippen molar-refractivity contribution in [1.82, 2.24) is 29.0 Å². The molecule has 0 saturated carbocycles. The lowest BCUT2D eigenvalue weighted by Gasteiger charge is -2.13. The number of nitrogens with one attached hydrogen (secondary N) is 1. The summed E-state index contributed by atoms with van der Waals surface area (Å²) in [5.41, 5.74) is 3.91. The number of hydrogen-bond donors (Lipinski definition) is 1. The van der Waals surface area contributed by atoms with Gasteiger partial charge >= 0.3 is 0 Å². The maximum absolute atomic E-state index is 14.5. The van der Waals surface area contributed by atoms with Gasteiger partial charge in [-0.05, 0) is 18.2 Å². The molecule has 5 heterocycles. The van der Waals surface area contributed by atoms with Gasteiger partial charge in [-0.15, -0.1) is 10.2 Å². The van der Waals surface area contributed by atoms with Gasteiger partial charge in [-0.3, -0.25) is 4.40 Å². The first-order valence-electron chi connectivity index (χ1n) is 10.5. The van der Waals surface area contributed by atoms with E-state index < -0.39 is 0 Å². The molecule has 10 nitrogen and oxygen atoms in total. The number of anilines is 1. The number of benzene rings is 1. The van der Waals surface area contributed by atoms with Crippen LogP contribution in [0.3, 0.4) is 0 Å². The Morgan fingerprint density at radius 2 is 2.09 bits per heavy atom. The van der Waals surface area contributed by atoms with Crippen molar-refractivity contribution in [2.45, 2.75) is 13.0 Å². The Morgan fingerprint density at radius 1 is 1.18 bits per heavy atom. The molecule has 5 aromatic rings. The van der Waals surface area contributed by atoms with Crippen LogP contribution in [-0.4, -0.2) is 42.7 Å². The van der Waals surface area contributed by atoms with E-state index in [0.29, 0.717) is 53.1 Å². The predicted octanol–water partition coefficient (Wildman–Crippen LogP) is 3.68. The SMILES string of the molecule is [C-]#[N+]c1cnc2c(-c3cnc(NCc4c(F)ccc5c4CCO5)n4cnnc34)ccc(OC)n12. The van der Waals surface area contributed by atoms with Gasteiger partial charge in [-0.1, -0.05) is 6.57 Å². The van der Waals surface area contributed by atoms with Crippen LogP contribution in [-0.2, 0) is 13.0 Å². The van der Waals surface area contributed by atoms with Gasteiger partial charge in [0.15, 0.2) is 5.65 Å². The maximum Gasteiger partial charge on any atom is 0.274 e. The van der Waals surface area contributed by atoms with E-state index in [1.807, 2.05) is 6.07 Å².